The summed E-state index contributed by atoms with van der Waals surface area (Å²) in [5.41, 5.74) is 1.59. The second-order valence-electron chi connectivity index (χ2n) is 4.60. The summed E-state index contributed by atoms with van der Waals surface area (Å²) in [6.45, 7) is 0.785. The molecule has 1 fully saturated rings. The number of rotatable bonds is 4. The Balaban J connectivity index is 1.82. The average Bonchev–Trinajstić information content (AvgIpc) is 2.40. The Kier molecular flexibility index (Phi) is 4.73. The average molecular weight is 249 g/mol. The molecule has 1 aromatic carbocycles. The highest BCUT2D eigenvalue weighted by Crippen LogP contribution is 2.17. The van der Waals surface area contributed by atoms with Crippen LogP contribution in [0.3, 0.4) is 0 Å². The highest BCUT2D eigenvalue weighted by molar-refractivity contribution is 5.91. The van der Waals surface area contributed by atoms with E-state index in [2.05, 4.69) is 5.32 Å². The van der Waals surface area contributed by atoms with Crippen molar-refractivity contribution in [2.75, 3.05) is 11.9 Å². The zero-order valence-corrected chi connectivity index (χ0v) is 10.4. The van der Waals surface area contributed by atoms with Gasteiger partial charge in [-0.3, -0.25) is 4.79 Å². The first-order chi connectivity index (χ1) is 8.78. The summed E-state index contributed by atoms with van der Waals surface area (Å²) >= 11 is 0. The lowest BCUT2D eigenvalue weighted by molar-refractivity contribution is -0.119. The van der Waals surface area contributed by atoms with Gasteiger partial charge in [0.2, 0.25) is 5.91 Å². The van der Waals surface area contributed by atoms with Crippen molar-refractivity contribution in [2.45, 2.75) is 38.4 Å². The Morgan fingerprint density at radius 1 is 1.33 bits per heavy atom. The van der Waals surface area contributed by atoms with E-state index in [1.54, 1.807) is 24.3 Å². The lowest BCUT2D eigenvalue weighted by Gasteiger charge is -2.21. The Morgan fingerprint density at radius 3 is 2.72 bits per heavy atom. The molecule has 0 aliphatic carbocycles. The number of hydrogen-bond acceptors (Lipinski definition) is 3. The second kappa shape index (κ2) is 6.52. The third-order valence-electron chi connectivity index (χ3n) is 3.11. The molecule has 4 nitrogen and oxygen atoms in total. The van der Waals surface area contributed by atoms with Crippen molar-refractivity contribution in [3.63, 3.8) is 0 Å². The molecule has 1 aliphatic rings. The van der Waals surface area contributed by atoms with Crippen molar-refractivity contribution >= 4 is 11.6 Å². The second-order valence-corrected chi connectivity index (χ2v) is 4.60. The molecule has 1 aliphatic heterocycles. The number of benzene rings is 1. The van der Waals surface area contributed by atoms with Gasteiger partial charge in [0, 0.05) is 12.3 Å². The number of ether oxygens (including phenoxy) is 1. The summed E-state index contributed by atoms with van der Waals surface area (Å²) in [6.07, 6.45) is 3.69. The topological polar surface area (TPSA) is 58.6 Å². The smallest absolute Gasteiger partial charge is 0.226 e. The monoisotopic (exact) mass is 249 g/mol. The maximum absolute atomic E-state index is 11.8. The maximum atomic E-state index is 11.8. The van der Waals surface area contributed by atoms with Crippen molar-refractivity contribution in [1.82, 2.24) is 0 Å². The van der Waals surface area contributed by atoms with Gasteiger partial charge in [-0.2, -0.15) is 0 Å². The predicted molar refractivity (Wildman–Crippen MR) is 69.2 cm³/mol. The number of amides is 1. The van der Waals surface area contributed by atoms with Crippen molar-refractivity contribution < 1.29 is 14.6 Å². The molecule has 1 heterocycles. The van der Waals surface area contributed by atoms with Crippen LogP contribution < -0.4 is 5.32 Å². The van der Waals surface area contributed by atoms with Crippen LogP contribution in [-0.2, 0) is 16.1 Å². The van der Waals surface area contributed by atoms with Gasteiger partial charge in [-0.15, -0.1) is 0 Å². The lowest BCUT2D eigenvalue weighted by Crippen LogP contribution is -2.25. The third-order valence-corrected chi connectivity index (χ3v) is 3.11. The van der Waals surface area contributed by atoms with Crippen molar-refractivity contribution in [3.05, 3.63) is 29.8 Å². The number of carbonyl (C=O) groups excluding carboxylic acids is 1. The van der Waals surface area contributed by atoms with Crippen LogP contribution in [0.15, 0.2) is 24.3 Å². The molecule has 1 saturated heterocycles. The number of hydrogen-bond donors (Lipinski definition) is 2. The molecule has 0 saturated carbocycles. The van der Waals surface area contributed by atoms with Gasteiger partial charge in [-0.1, -0.05) is 12.1 Å². The molecule has 0 bridgehead atoms. The SMILES string of the molecule is O=C(CC1CCCCO1)Nc1ccc(CO)cc1. The van der Waals surface area contributed by atoms with Crippen LogP contribution in [0.1, 0.15) is 31.2 Å². The molecule has 0 radical (unpaired) electrons. The van der Waals surface area contributed by atoms with E-state index in [1.165, 1.54) is 0 Å². The van der Waals surface area contributed by atoms with Crippen molar-refractivity contribution in [2.24, 2.45) is 0 Å². The summed E-state index contributed by atoms with van der Waals surface area (Å²) in [5, 5.41) is 11.8. The number of nitrogens with one attached hydrogen (secondary N) is 1. The minimum Gasteiger partial charge on any atom is -0.392 e. The molecular weight excluding hydrogens is 230 g/mol. The van der Waals surface area contributed by atoms with E-state index < -0.39 is 0 Å². The van der Waals surface area contributed by atoms with Gasteiger partial charge in [0.15, 0.2) is 0 Å². The van der Waals surface area contributed by atoms with Crippen LogP contribution in [-0.4, -0.2) is 23.7 Å². The third kappa shape index (κ3) is 3.82. The van der Waals surface area contributed by atoms with E-state index in [9.17, 15) is 4.79 Å². The lowest BCUT2D eigenvalue weighted by atomic mass is 10.1. The zero-order valence-electron chi connectivity index (χ0n) is 10.4. The van der Waals surface area contributed by atoms with Crippen molar-refractivity contribution in [1.29, 1.82) is 0 Å². The number of aliphatic hydroxyl groups is 1. The maximum Gasteiger partial charge on any atom is 0.226 e. The summed E-state index contributed by atoms with van der Waals surface area (Å²) in [6, 6.07) is 7.19. The summed E-state index contributed by atoms with van der Waals surface area (Å²) in [7, 11) is 0. The molecule has 2 rings (SSSR count). The van der Waals surface area contributed by atoms with Gasteiger partial charge in [-0.05, 0) is 37.0 Å². The zero-order chi connectivity index (χ0) is 12.8. The van der Waals surface area contributed by atoms with Gasteiger partial charge < -0.3 is 15.2 Å². The summed E-state index contributed by atoms with van der Waals surface area (Å²) < 4.78 is 5.53. The van der Waals surface area contributed by atoms with Crippen LogP contribution in [0.25, 0.3) is 0 Å². The molecule has 98 valence electrons. The Hall–Kier alpha value is -1.39. The molecule has 1 unspecified atom stereocenters. The fraction of sp³-hybridized carbons (Fsp3) is 0.500. The standard InChI is InChI=1S/C14H19NO3/c16-10-11-4-6-12(7-5-11)15-14(17)9-13-3-1-2-8-18-13/h4-7,13,16H,1-3,8-10H2,(H,15,17). The first kappa shape index (κ1) is 13.1. The van der Waals surface area contributed by atoms with E-state index >= 15 is 0 Å². The minimum absolute atomic E-state index is 0.0151. The largest absolute Gasteiger partial charge is 0.392 e. The molecule has 4 heteroatoms. The van der Waals surface area contributed by atoms with Gasteiger partial charge >= 0.3 is 0 Å². The highest BCUT2D eigenvalue weighted by Gasteiger charge is 2.17. The van der Waals surface area contributed by atoms with Crippen LogP contribution in [0.4, 0.5) is 5.69 Å². The van der Waals surface area contributed by atoms with E-state index in [0.717, 1.165) is 37.1 Å². The van der Waals surface area contributed by atoms with E-state index in [1.807, 2.05) is 0 Å². The Morgan fingerprint density at radius 2 is 2.11 bits per heavy atom. The van der Waals surface area contributed by atoms with Gasteiger partial charge in [-0.25, -0.2) is 0 Å². The van der Waals surface area contributed by atoms with E-state index in [0.29, 0.717) is 6.42 Å². The van der Waals surface area contributed by atoms with Crippen molar-refractivity contribution in [3.8, 4) is 0 Å². The number of carbonyl (C=O) groups is 1. The van der Waals surface area contributed by atoms with Crippen LogP contribution in [0.2, 0.25) is 0 Å². The first-order valence-corrected chi connectivity index (χ1v) is 6.39. The molecule has 0 aromatic heterocycles. The molecule has 0 spiro atoms. The normalized spacial score (nSPS) is 19.5. The summed E-state index contributed by atoms with van der Waals surface area (Å²) in [5.74, 6) is -0.0151. The van der Waals surface area contributed by atoms with Crippen LogP contribution in [0, 0.1) is 0 Å². The van der Waals surface area contributed by atoms with Crippen LogP contribution in [0.5, 0.6) is 0 Å². The number of aliphatic hydroxyl groups excluding tert-OH is 1. The molecule has 2 N–H and O–H groups in total. The van der Waals surface area contributed by atoms with E-state index in [-0.39, 0.29) is 18.6 Å². The molecule has 1 amide bonds. The Labute approximate surface area is 107 Å². The molecule has 1 aromatic rings. The summed E-state index contributed by atoms with van der Waals surface area (Å²) in [4.78, 5) is 11.8. The fourth-order valence-corrected chi connectivity index (χ4v) is 2.08. The minimum atomic E-state index is -0.0151. The van der Waals surface area contributed by atoms with E-state index in [4.69, 9.17) is 9.84 Å². The van der Waals surface area contributed by atoms with Crippen LogP contribution >= 0.6 is 0 Å². The predicted octanol–water partition coefficient (Wildman–Crippen LogP) is 2.08. The van der Waals surface area contributed by atoms with Gasteiger partial charge in [0.1, 0.15) is 0 Å². The van der Waals surface area contributed by atoms with Gasteiger partial charge in [0.05, 0.1) is 19.1 Å². The fourth-order valence-electron chi connectivity index (χ4n) is 2.08. The highest BCUT2D eigenvalue weighted by atomic mass is 16.5. The number of anilines is 1. The Bertz CT molecular complexity index is 383. The molecule has 18 heavy (non-hydrogen) atoms. The molecular formula is C14H19NO3. The quantitative estimate of drug-likeness (QED) is 0.859. The molecule has 1 atom stereocenters. The van der Waals surface area contributed by atoms with Gasteiger partial charge in [0.25, 0.3) is 0 Å². The first-order valence-electron chi connectivity index (χ1n) is 6.39.